The maximum Gasteiger partial charge on any atom is 0.416 e. The average Bonchev–Trinajstić information content (AvgIpc) is 2.28. The predicted octanol–water partition coefficient (Wildman–Crippen LogP) is 2.27. The number of alkyl halides is 3. The van der Waals surface area contributed by atoms with E-state index in [-0.39, 0.29) is 5.69 Å². The lowest BCUT2D eigenvalue weighted by Gasteiger charge is -2.21. The van der Waals surface area contributed by atoms with Gasteiger partial charge in [-0.3, -0.25) is 4.79 Å². The minimum Gasteiger partial charge on any atom is -0.506 e. The van der Waals surface area contributed by atoms with E-state index in [4.69, 9.17) is 0 Å². The van der Waals surface area contributed by atoms with Crippen molar-refractivity contribution in [2.24, 2.45) is 0 Å². The van der Waals surface area contributed by atoms with Gasteiger partial charge in [-0.15, -0.1) is 0 Å². The Kier molecular flexibility index (Phi) is 3.71. The van der Waals surface area contributed by atoms with E-state index in [2.05, 4.69) is 10.6 Å². The van der Waals surface area contributed by atoms with Gasteiger partial charge < -0.3 is 15.7 Å². The van der Waals surface area contributed by atoms with Crippen molar-refractivity contribution in [1.29, 1.82) is 0 Å². The predicted molar refractivity (Wildman–Crippen MR) is 67.3 cm³/mol. The van der Waals surface area contributed by atoms with Crippen LogP contribution in [0.1, 0.15) is 12.5 Å². The molecule has 1 aliphatic heterocycles. The summed E-state index contributed by atoms with van der Waals surface area (Å²) in [5, 5.41) is 14.8. The van der Waals surface area contributed by atoms with E-state index in [1.807, 2.05) is 0 Å². The molecule has 1 aromatic carbocycles. The molecule has 108 valence electrons. The van der Waals surface area contributed by atoms with Gasteiger partial charge in [0, 0.05) is 18.7 Å². The van der Waals surface area contributed by atoms with E-state index < -0.39 is 23.4 Å². The largest absolute Gasteiger partial charge is 0.506 e. The number of carbonyl (C=O) groups is 1. The van der Waals surface area contributed by atoms with Gasteiger partial charge in [-0.25, -0.2) is 0 Å². The monoisotopic (exact) mass is 286 g/mol. The van der Waals surface area contributed by atoms with Crippen LogP contribution in [-0.4, -0.2) is 24.1 Å². The summed E-state index contributed by atoms with van der Waals surface area (Å²) in [4.78, 5) is 11.9. The summed E-state index contributed by atoms with van der Waals surface area (Å²) in [7, 11) is 0. The Labute approximate surface area is 113 Å². The van der Waals surface area contributed by atoms with Crippen molar-refractivity contribution < 1.29 is 23.1 Å². The molecule has 3 N–H and O–H groups in total. The summed E-state index contributed by atoms with van der Waals surface area (Å²) in [6.45, 7) is 2.78. The molecule has 0 radical (unpaired) electrons. The molecular weight excluding hydrogens is 273 g/mol. The van der Waals surface area contributed by atoms with Gasteiger partial charge in [-0.2, -0.15) is 13.2 Å². The molecular formula is C13H13F3N2O2. The van der Waals surface area contributed by atoms with Gasteiger partial charge in [0.2, 0.25) is 0 Å². The van der Waals surface area contributed by atoms with Crippen LogP contribution in [0.15, 0.2) is 29.3 Å². The maximum absolute atomic E-state index is 12.6. The third-order valence-corrected chi connectivity index (χ3v) is 3.12. The second-order valence-corrected chi connectivity index (χ2v) is 4.52. The average molecular weight is 286 g/mol. The molecule has 7 heteroatoms. The summed E-state index contributed by atoms with van der Waals surface area (Å²) < 4.78 is 37.7. The van der Waals surface area contributed by atoms with Crippen LogP contribution in [0.25, 0.3) is 0 Å². The minimum atomic E-state index is -4.53. The molecule has 1 saturated heterocycles. The first-order chi connectivity index (χ1) is 9.29. The first-order valence-corrected chi connectivity index (χ1v) is 5.90. The highest BCUT2D eigenvalue weighted by atomic mass is 19.4. The zero-order valence-electron chi connectivity index (χ0n) is 10.6. The van der Waals surface area contributed by atoms with Crippen molar-refractivity contribution in [3.63, 3.8) is 0 Å². The van der Waals surface area contributed by atoms with Gasteiger partial charge in [0.25, 0.3) is 5.91 Å². The highest BCUT2D eigenvalue weighted by Gasteiger charge is 2.31. The number of phenols is 1. The van der Waals surface area contributed by atoms with E-state index >= 15 is 0 Å². The number of nitrogens with one attached hydrogen (secondary N) is 2. The molecule has 1 aromatic rings. The third kappa shape index (κ3) is 2.93. The van der Waals surface area contributed by atoms with Crippen LogP contribution in [0.5, 0.6) is 5.75 Å². The summed E-state index contributed by atoms with van der Waals surface area (Å²) in [6.07, 6.45) is -4.53. The Morgan fingerprint density at radius 1 is 1.35 bits per heavy atom. The number of carbonyl (C=O) groups excluding carboxylic acids is 1. The molecule has 1 amide bonds. The third-order valence-electron chi connectivity index (χ3n) is 3.12. The van der Waals surface area contributed by atoms with Crippen molar-refractivity contribution in [3.8, 4) is 5.75 Å². The Bertz CT molecular complexity index is 573. The molecule has 0 aliphatic carbocycles. The first-order valence-electron chi connectivity index (χ1n) is 5.90. The molecule has 1 aliphatic rings. The lowest BCUT2D eigenvalue weighted by Crippen LogP contribution is -2.36. The van der Waals surface area contributed by atoms with Crippen molar-refractivity contribution >= 4 is 11.6 Å². The zero-order chi connectivity index (χ0) is 14.9. The van der Waals surface area contributed by atoms with Crippen LogP contribution in [0.2, 0.25) is 0 Å². The number of hydrogen-bond acceptors (Lipinski definition) is 3. The molecule has 4 nitrogen and oxygen atoms in total. The first kappa shape index (κ1) is 14.4. The molecule has 2 rings (SSSR count). The summed E-state index contributed by atoms with van der Waals surface area (Å²) in [6, 6.07) is 2.38. The van der Waals surface area contributed by atoms with Crippen LogP contribution in [-0.2, 0) is 11.0 Å². The van der Waals surface area contributed by atoms with Crippen molar-refractivity contribution in [3.05, 3.63) is 34.9 Å². The van der Waals surface area contributed by atoms with Gasteiger partial charge in [-0.1, -0.05) is 0 Å². The number of rotatable bonds is 2. The molecule has 0 atom stereocenters. The fourth-order valence-corrected chi connectivity index (χ4v) is 1.70. The van der Waals surface area contributed by atoms with E-state index in [9.17, 15) is 23.1 Å². The minimum absolute atomic E-state index is 0.253. The molecule has 0 bridgehead atoms. The Morgan fingerprint density at radius 3 is 2.50 bits per heavy atom. The zero-order valence-corrected chi connectivity index (χ0v) is 10.6. The number of hydrogen-bond donors (Lipinski definition) is 3. The number of halogens is 3. The van der Waals surface area contributed by atoms with Gasteiger partial charge in [0.1, 0.15) is 5.75 Å². The van der Waals surface area contributed by atoms with Crippen LogP contribution >= 0.6 is 0 Å². The van der Waals surface area contributed by atoms with Crippen molar-refractivity contribution in [2.75, 3.05) is 18.4 Å². The van der Waals surface area contributed by atoms with E-state index in [1.54, 1.807) is 6.92 Å². The van der Waals surface area contributed by atoms with E-state index in [1.165, 1.54) is 0 Å². The SMILES string of the molecule is CC(C(=O)Nc1cc(C(F)(F)F)ccc1O)=C1CNC1. The summed E-state index contributed by atoms with van der Waals surface area (Å²) in [5.41, 5.74) is 0.160. The standard InChI is InChI=1S/C13H13F3N2O2/c1-7(8-5-17-6-8)12(20)18-10-4-9(13(14,15)16)2-3-11(10)19/h2-4,17,19H,5-6H2,1H3,(H,18,20). The van der Waals surface area contributed by atoms with E-state index in [0.717, 1.165) is 17.7 Å². The molecule has 20 heavy (non-hydrogen) atoms. The molecule has 0 aromatic heterocycles. The quantitative estimate of drug-likeness (QED) is 0.577. The van der Waals surface area contributed by atoms with Gasteiger partial charge >= 0.3 is 6.18 Å². The van der Waals surface area contributed by atoms with Crippen molar-refractivity contribution in [2.45, 2.75) is 13.1 Å². The van der Waals surface area contributed by atoms with Crippen LogP contribution in [0, 0.1) is 0 Å². The molecule has 0 spiro atoms. The summed E-state index contributed by atoms with van der Waals surface area (Å²) >= 11 is 0. The number of anilines is 1. The fraction of sp³-hybridized carbons (Fsp3) is 0.308. The smallest absolute Gasteiger partial charge is 0.416 e. The van der Waals surface area contributed by atoms with E-state index in [0.29, 0.717) is 24.7 Å². The van der Waals surface area contributed by atoms with Gasteiger partial charge in [-0.05, 0) is 30.7 Å². The van der Waals surface area contributed by atoms with Crippen LogP contribution in [0.4, 0.5) is 18.9 Å². The molecule has 1 fully saturated rings. The Morgan fingerprint density at radius 2 is 2.00 bits per heavy atom. The number of aromatic hydroxyl groups is 1. The lowest BCUT2D eigenvalue weighted by molar-refractivity contribution is -0.137. The highest BCUT2D eigenvalue weighted by Crippen LogP contribution is 2.34. The highest BCUT2D eigenvalue weighted by molar-refractivity contribution is 6.04. The van der Waals surface area contributed by atoms with Crippen LogP contribution < -0.4 is 10.6 Å². The molecule has 0 unspecified atom stereocenters. The maximum atomic E-state index is 12.6. The van der Waals surface area contributed by atoms with Gasteiger partial charge in [0.05, 0.1) is 11.3 Å². The molecule has 1 heterocycles. The second kappa shape index (κ2) is 5.16. The Hall–Kier alpha value is -2.02. The van der Waals surface area contributed by atoms with Crippen molar-refractivity contribution in [1.82, 2.24) is 5.32 Å². The normalized spacial score (nSPS) is 14.7. The van der Waals surface area contributed by atoms with Gasteiger partial charge in [0.15, 0.2) is 0 Å². The fourth-order valence-electron chi connectivity index (χ4n) is 1.70. The topological polar surface area (TPSA) is 61.4 Å². The molecule has 0 saturated carbocycles. The number of phenolic OH excluding ortho intramolecular Hbond substituents is 1. The number of amides is 1. The number of benzene rings is 1. The lowest BCUT2D eigenvalue weighted by atomic mass is 10.0. The van der Waals surface area contributed by atoms with Crippen LogP contribution in [0.3, 0.4) is 0 Å². The summed E-state index contributed by atoms with van der Waals surface area (Å²) in [5.74, 6) is -0.924. The Balaban J connectivity index is 2.23. The second-order valence-electron chi connectivity index (χ2n) is 4.52.